The average molecular weight is 399 g/mol. The van der Waals surface area contributed by atoms with Gasteiger partial charge < -0.3 is 14.1 Å². The van der Waals surface area contributed by atoms with E-state index in [4.69, 9.17) is 9.16 Å². The number of rotatable bonds is 4. The number of nitrogens with zero attached hydrogens (tertiary/aromatic N) is 4. The first-order chi connectivity index (χ1) is 11.7. The van der Waals surface area contributed by atoms with Gasteiger partial charge in [-0.05, 0) is 40.4 Å². The maximum absolute atomic E-state index is 12.5. The number of hydrogen-bond acceptors (Lipinski definition) is 5. The molecule has 0 N–H and O–H groups in total. The molecule has 2 heterocycles. The van der Waals surface area contributed by atoms with Crippen LogP contribution in [-0.2, 0) is 9.16 Å². The molecule has 7 nitrogen and oxygen atoms in total. The van der Waals surface area contributed by atoms with E-state index in [-0.39, 0.29) is 18.2 Å². The second kappa shape index (κ2) is 7.08. The summed E-state index contributed by atoms with van der Waals surface area (Å²) < 4.78 is 13.8. The van der Waals surface area contributed by atoms with E-state index in [0.717, 1.165) is 5.32 Å². The van der Waals surface area contributed by atoms with Crippen molar-refractivity contribution in [1.29, 1.82) is 0 Å². The zero-order chi connectivity index (χ0) is 19.9. The fraction of sp³-hybridized carbons (Fsp3) is 0.824. The van der Waals surface area contributed by atoms with Crippen LogP contribution >= 0.6 is 0 Å². The molecule has 1 saturated heterocycles. The van der Waals surface area contributed by atoms with Gasteiger partial charge in [0.1, 0.15) is 13.7 Å². The highest BCUT2D eigenvalue weighted by molar-refractivity contribution is 6.88. The molecule has 0 radical (unpaired) electrons. The molecule has 2 unspecified atom stereocenters. The van der Waals surface area contributed by atoms with Crippen molar-refractivity contribution in [2.45, 2.75) is 77.8 Å². The van der Waals surface area contributed by atoms with Crippen LogP contribution in [0.15, 0.2) is 6.20 Å². The van der Waals surface area contributed by atoms with Crippen molar-refractivity contribution in [3.05, 3.63) is 6.20 Å². The molecule has 26 heavy (non-hydrogen) atoms. The van der Waals surface area contributed by atoms with E-state index in [9.17, 15) is 4.79 Å². The molecule has 2 rings (SSSR count). The van der Waals surface area contributed by atoms with Gasteiger partial charge in [-0.15, -0.1) is 5.10 Å². The van der Waals surface area contributed by atoms with Crippen LogP contribution in [0, 0.1) is 0 Å². The summed E-state index contributed by atoms with van der Waals surface area (Å²) in [6, 6.07) is -0.0353. The van der Waals surface area contributed by atoms with Gasteiger partial charge in [-0.1, -0.05) is 24.9 Å². The summed E-state index contributed by atoms with van der Waals surface area (Å²) in [7, 11) is -3.30. The van der Waals surface area contributed by atoms with Crippen molar-refractivity contribution in [3.63, 3.8) is 0 Å². The number of ether oxygens (including phenoxy) is 1. The number of carbonyl (C=O) groups is 1. The van der Waals surface area contributed by atoms with Crippen LogP contribution in [0.1, 0.15) is 26.8 Å². The molecule has 1 aromatic heterocycles. The molecule has 0 saturated carbocycles. The van der Waals surface area contributed by atoms with E-state index < -0.39 is 22.0 Å². The molecule has 1 aliphatic heterocycles. The topological polar surface area (TPSA) is 69.5 Å². The van der Waals surface area contributed by atoms with E-state index in [1.54, 1.807) is 4.90 Å². The Balaban J connectivity index is 2.23. The third-order valence-corrected chi connectivity index (χ3v) is 6.79. The van der Waals surface area contributed by atoms with E-state index in [2.05, 4.69) is 49.6 Å². The van der Waals surface area contributed by atoms with Crippen molar-refractivity contribution in [3.8, 4) is 0 Å². The monoisotopic (exact) mass is 398 g/mol. The van der Waals surface area contributed by atoms with E-state index >= 15 is 0 Å². The highest BCUT2D eigenvalue weighted by Crippen LogP contribution is 2.28. The Bertz CT molecular complexity index is 644. The van der Waals surface area contributed by atoms with Crippen LogP contribution in [0.3, 0.4) is 0 Å². The predicted octanol–water partition coefficient (Wildman–Crippen LogP) is 2.84. The summed E-state index contributed by atoms with van der Waals surface area (Å²) >= 11 is 0. The fourth-order valence-electron chi connectivity index (χ4n) is 2.84. The largest absolute Gasteiger partial charge is 0.444 e. The zero-order valence-electron chi connectivity index (χ0n) is 17.7. The van der Waals surface area contributed by atoms with Crippen LogP contribution in [-0.4, -0.2) is 67.2 Å². The van der Waals surface area contributed by atoms with Gasteiger partial charge in [-0.3, -0.25) is 0 Å². The minimum atomic E-state index is -1.77. The number of hydrogen-bond donors (Lipinski definition) is 0. The summed E-state index contributed by atoms with van der Waals surface area (Å²) in [5.41, 5.74) is -0.511. The van der Waals surface area contributed by atoms with Crippen LogP contribution in [0.2, 0.25) is 39.3 Å². The standard InChI is InChI=1S/C17H34N4O3Si2/c1-17(2,3)23-16(22)20-10-13(14(11-20)24-26(7,8)9)21-12-15(18-19-21)25(4,5)6/h12-14H,10-11H2,1-9H3. The van der Waals surface area contributed by atoms with E-state index in [1.807, 2.05) is 31.6 Å². The molecule has 0 aliphatic carbocycles. The fourth-order valence-corrected chi connectivity index (χ4v) is 4.84. The number of amides is 1. The number of carbonyl (C=O) groups excluding carboxylic acids is 1. The van der Waals surface area contributed by atoms with Gasteiger partial charge in [-0.2, -0.15) is 0 Å². The SMILES string of the molecule is CC(C)(C)OC(=O)N1CC(O[Si](C)(C)C)C(n2cc([Si](C)(C)C)nn2)C1. The molecule has 1 fully saturated rings. The molecule has 9 heteroatoms. The van der Waals surface area contributed by atoms with Gasteiger partial charge >= 0.3 is 6.09 Å². The highest BCUT2D eigenvalue weighted by atomic mass is 28.4. The Hall–Kier alpha value is -1.20. The maximum Gasteiger partial charge on any atom is 0.410 e. The maximum atomic E-state index is 12.5. The molecule has 1 amide bonds. The summed E-state index contributed by atoms with van der Waals surface area (Å²) in [5, 5.41) is 9.83. The van der Waals surface area contributed by atoms with Gasteiger partial charge in [0, 0.05) is 12.7 Å². The van der Waals surface area contributed by atoms with Crippen molar-refractivity contribution in [1.82, 2.24) is 19.9 Å². The van der Waals surface area contributed by atoms with Crippen molar-refractivity contribution >= 4 is 27.8 Å². The summed E-state index contributed by atoms with van der Waals surface area (Å²) in [6.45, 7) is 19.9. The third-order valence-electron chi connectivity index (χ3n) is 4.01. The van der Waals surface area contributed by atoms with Crippen LogP contribution in [0.4, 0.5) is 4.79 Å². The Kier molecular flexibility index (Phi) is 5.75. The lowest BCUT2D eigenvalue weighted by atomic mass is 10.2. The lowest BCUT2D eigenvalue weighted by molar-refractivity contribution is 0.0273. The molecule has 1 aromatic rings. The van der Waals surface area contributed by atoms with Crippen molar-refractivity contribution < 1.29 is 14.0 Å². The highest BCUT2D eigenvalue weighted by Gasteiger charge is 2.41. The van der Waals surface area contributed by atoms with Gasteiger partial charge in [0.2, 0.25) is 0 Å². The smallest absolute Gasteiger partial charge is 0.410 e. The molecule has 0 aromatic carbocycles. The van der Waals surface area contributed by atoms with Crippen LogP contribution in [0.25, 0.3) is 0 Å². The van der Waals surface area contributed by atoms with E-state index in [0.29, 0.717) is 13.1 Å². The second-order valence-corrected chi connectivity index (χ2v) is 19.5. The minimum absolute atomic E-state index is 0.0353. The third kappa shape index (κ3) is 5.65. The minimum Gasteiger partial charge on any atom is -0.444 e. The Labute approximate surface area is 159 Å². The van der Waals surface area contributed by atoms with Gasteiger partial charge in [0.15, 0.2) is 8.32 Å². The molecule has 1 aliphatic rings. The number of likely N-dealkylation sites (tertiary alicyclic amines) is 1. The second-order valence-electron chi connectivity index (χ2n) is 10.1. The summed E-state index contributed by atoms with van der Waals surface area (Å²) in [4.78, 5) is 14.3. The van der Waals surface area contributed by atoms with Gasteiger partial charge in [-0.25, -0.2) is 9.48 Å². The Morgan fingerprint density at radius 3 is 2.23 bits per heavy atom. The number of aromatic nitrogens is 3. The molecular weight excluding hydrogens is 364 g/mol. The first-order valence-electron chi connectivity index (χ1n) is 9.24. The Morgan fingerprint density at radius 1 is 1.15 bits per heavy atom. The van der Waals surface area contributed by atoms with Gasteiger partial charge in [0.25, 0.3) is 0 Å². The molecule has 0 spiro atoms. The quantitative estimate of drug-likeness (QED) is 0.730. The van der Waals surface area contributed by atoms with Crippen molar-refractivity contribution in [2.75, 3.05) is 13.1 Å². The molecule has 148 valence electrons. The lowest BCUT2D eigenvalue weighted by Crippen LogP contribution is -2.39. The summed E-state index contributed by atoms with van der Waals surface area (Å²) in [6.07, 6.45) is 1.65. The van der Waals surface area contributed by atoms with Crippen LogP contribution in [0.5, 0.6) is 0 Å². The Morgan fingerprint density at radius 2 is 1.77 bits per heavy atom. The van der Waals surface area contributed by atoms with Crippen LogP contribution < -0.4 is 5.32 Å². The first-order valence-corrected chi connectivity index (χ1v) is 16.1. The predicted molar refractivity (Wildman–Crippen MR) is 108 cm³/mol. The van der Waals surface area contributed by atoms with Crippen molar-refractivity contribution in [2.24, 2.45) is 0 Å². The van der Waals surface area contributed by atoms with Gasteiger partial charge in [0.05, 0.1) is 24.0 Å². The molecule has 2 atom stereocenters. The molecular formula is C17H34N4O3Si2. The normalized spacial score (nSPS) is 22.0. The lowest BCUT2D eigenvalue weighted by Gasteiger charge is -2.27. The average Bonchev–Trinajstić information content (AvgIpc) is 2.99. The summed E-state index contributed by atoms with van der Waals surface area (Å²) in [5.74, 6) is 0. The molecule has 0 bridgehead atoms. The first kappa shape index (κ1) is 21.1. The zero-order valence-corrected chi connectivity index (χ0v) is 19.7. The van der Waals surface area contributed by atoms with E-state index in [1.165, 1.54) is 0 Å².